The highest BCUT2D eigenvalue weighted by atomic mass is 35.5. The van der Waals surface area contributed by atoms with Crippen LogP contribution in [0, 0.1) is 12.8 Å². The summed E-state index contributed by atoms with van der Waals surface area (Å²) in [5.74, 6) is 0.242. The van der Waals surface area contributed by atoms with Crippen LogP contribution in [0.1, 0.15) is 39.1 Å². The minimum absolute atomic E-state index is 0.0391. The summed E-state index contributed by atoms with van der Waals surface area (Å²) in [6.45, 7) is 5.18. The zero-order valence-corrected chi connectivity index (χ0v) is 16.3. The summed E-state index contributed by atoms with van der Waals surface area (Å²) >= 11 is 5.89. The van der Waals surface area contributed by atoms with Gasteiger partial charge in [0.1, 0.15) is 0 Å². The summed E-state index contributed by atoms with van der Waals surface area (Å²) in [7, 11) is 0. The molecule has 0 bridgehead atoms. The number of aryl methyl sites for hydroxylation is 1. The Balaban J connectivity index is 1.40. The van der Waals surface area contributed by atoms with Crippen molar-refractivity contribution in [3.8, 4) is 0 Å². The molecule has 27 heavy (non-hydrogen) atoms. The van der Waals surface area contributed by atoms with E-state index in [-0.39, 0.29) is 17.6 Å². The number of nitrogens with zero attached hydrogens (tertiary/aromatic N) is 1. The van der Waals surface area contributed by atoms with Crippen molar-refractivity contribution >= 4 is 23.3 Å². The molecule has 0 saturated carbocycles. The van der Waals surface area contributed by atoms with Gasteiger partial charge in [0.25, 0.3) is 5.91 Å². The van der Waals surface area contributed by atoms with E-state index in [0.29, 0.717) is 17.1 Å². The van der Waals surface area contributed by atoms with Crippen LogP contribution in [0.25, 0.3) is 0 Å². The third kappa shape index (κ3) is 5.41. The highest BCUT2D eigenvalue weighted by molar-refractivity contribution is 6.30. The summed E-state index contributed by atoms with van der Waals surface area (Å²) in [4.78, 5) is 27.0. The number of nitrogens with one attached hydrogen (secondary N) is 1. The molecule has 4 nitrogen and oxygen atoms in total. The van der Waals surface area contributed by atoms with Crippen LogP contribution < -0.4 is 5.32 Å². The van der Waals surface area contributed by atoms with Gasteiger partial charge in [-0.15, -0.1) is 0 Å². The Bertz CT molecular complexity index is 776. The second-order valence-electron chi connectivity index (χ2n) is 7.11. The predicted octanol–water partition coefficient (Wildman–Crippen LogP) is 3.97. The van der Waals surface area contributed by atoms with Gasteiger partial charge in [0.2, 0.25) is 0 Å². The molecule has 1 N–H and O–H groups in total. The summed E-state index contributed by atoms with van der Waals surface area (Å²) in [5, 5.41) is 3.62. The van der Waals surface area contributed by atoms with Gasteiger partial charge in [0, 0.05) is 35.2 Å². The molecule has 2 aromatic carbocycles. The molecule has 142 valence electrons. The molecule has 1 amide bonds. The third-order valence-corrected chi connectivity index (χ3v) is 5.37. The van der Waals surface area contributed by atoms with Crippen molar-refractivity contribution in [1.82, 2.24) is 10.2 Å². The number of likely N-dealkylation sites (tertiary alicyclic amines) is 1. The Kier molecular flexibility index (Phi) is 6.64. The Morgan fingerprint density at radius 1 is 1.00 bits per heavy atom. The number of benzene rings is 2. The van der Waals surface area contributed by atoms with Crippen molar-refractivity contribution in [2.24, 2.45) is 5.92 Å². The maximum absolute atomic E-state index is 12.6. The lowest BCUT2D eigenvalue weighted by Gasteiger charge is -2.31. The number of carbonyl (C=O) groups is 2. The average molecular weight is 385 g/mol. The topological polar surface area (TPSA) is 49.4 Å². The zero-order chi connectivity index (χ0) is 19.2. The molecule has 3 rings (SSSR count). The Labute approximate surface area is 165 Å². The van der Waals surface area contributed by atoms with Gasteiger partial charge in [-0.1, -0.05) is 29.3 Å². The molecule has 1 aliphatic rings. The van der Waals surface area contributed by atoms with Gasteiger partial charge in [-0.05, 0) is 69.3 Å². The summed E-state index contributed by atoms with van der Waals surface area (Å²) in [6, 6.07) is 14.7. The highest BCUT2D eigenvalue weighted by Crippen LogP contribution is 2.22. The van der Waals surface area contributed by atoms with E-state index in [9.17, 15) is 9.59 Å². The van der Waals surface area contributed by atoms with Crippen molar-refractivity contribution in [3.63, 3.8) is 0 Å². The molecule has 0 spiro atoms. The van der Waals surface area contributed by atoms with E-state index in [1.54, 1.807) is 24.3 Å². The van der Waals surface area contributed by atoms with Crippen molar-refractivity contribution < 1.29 is 9.59 Å². The molecule has 1 heterocycles. The summed E-state index contributed by atoms with van der Waals surface area (Å²) in [6.07, 6.45) is 1.71. The van der Waals surface area contributed by atoms with E-state index in [2.05, 4.69) is 10.2 Å². The van der Waals surface area contributed by atoms with Crippen molar-refractivity contribution in [2.75, 3.05) is 26.2 Å². The standard InChI is InChI=1S/C22H25ClN2O2/c1-16-2-4-19(5-3-16)22(27)24-12-15-25-13-10-18(11-14-25)21(26)17-6-8-20(23)9-7-17/h2-9,18H,10-15H2,1H3,(H,24,27). The SMILES string of the molecule is Cc1ccc(C(=O)NCCN2CCC(C(=O)c3ccc(Cl)cc3)CC2)cc1. The normalized spacial score (nSPS) is 15.5. The smallest absolute Gasteiger partial charge is 0.251 e. The largest absolute Gasteiger partial charge is 0.351 e. The fourth-order valence-corrected chi connectivity index (χ4v) is 3.53. The first-order valence-electron chi connectivity index (χ1n) is 9.40. The molecule has 1 saturated heterocycles. The first kappa shape index (κ1) is 19.6. The predicted molar refractivity (Wildman–Crippen MR) is 108 cm³/mol. The van der Waals surface area contributed by atoms with Crippen molar-refractivity contribution in [1.29, 1.82) is 0 Å². The van der Waals surface area contributed by atoms with Gasteiger partial charge in [0.05, 0.1) is 0 Å². The lowest BCUT2D eigenvalue weighted by molar-refractivity contribution is 0.0839. The maximum atomic E-state index is 12.6. The van der Waals surface area contributed by atoms with Gasteiger partial charge in [-0.3, -0.25) is 9.59 Å². The second-order valence-corrected chi connectivity index (χ2v) is 7.55. The van der Waals surface area contributed by atoms with Crippen LogP contribution in [0.4, 0.5) is 0 Å². The number of carbonyl (C=O) groups excluding carboxylic acids is 2. The van der Waals surface area contributed by atoms with Gasteiger partial charge >= 0.3 is 0 Å². The molecule has 1 fully saturated rings. The molecular weight excluding hydrogens is 360 g/mol. The average Bonchev–Trinajstić information content (AvgIpc) is 2.69. The van der Waals surface area contributed by atoms with Gasteiger partial charge < -0.3 is 10.2 Å². The van der Waals surface area contributed by atoms with Crippen LogP contribution >= 0.6 is 11.6 Å². The van der Waals surface area contributed by atoms with Gasteiger partial charge in [0.15, 0.2) is 5.78 Å². The number of hydrogen-bond donors (Lipinski definition) is 1. The van der Waals surface area contributed by atoms with E-state index in [4.69, 9.17) is 11.6 Å². The molecule has 0 aliphatic carbocycles. The Morgan fingerprint density at radius 3 is 2.22 bits per heavy atom. The van der Waals surface area contributed by atoms with Crippen LogP contribution in [0.2, 0.25) is 5.02 Å². The fourth-order valence-electron chi connectivity index (χ4n) is 3.40. The Morgan fingerprint density at radius 2 is 1.59 bits per heavy atom. The van der Waals surface area contributed by atoms with Gasteiger partial charge in [-0.25, -0.2) is 0 Å². The summed E-state index contributed by atoms with van der Waals surface area (Å²) < 4.78 is 0. The molecule has 0 atom stereocenters. The Hall–Kier alpha value is -2.17. The minimum atomic E-state index is -0.0391. The number of piperidine rings is 1. The quantitative estimate of drug-likeness (QED) is 0.766. The van der Waals surface area contributed by atoms with E-state index in [1.165, 1.54) is 0 Å². The van der Waals surface area contributed by atoms with E-state index < -0.39 is 0 Å². The molecule has 5 heteroatoms. The zero-order valence-electron chi connectivity index (χ0n) is 15.6. The summed E-state index contributed by atoms with van der Waals surface area (Å²) in [5.41, 5.74) is 2.57. The number of ketones is 1. The van der Waals surface area contributed by atoms with Crippen LogP contribution in [0.5, 0.6) is 0 Å². The number of amides is 1. The molecular formula is C22H25ClN2O2. The molecule has 2 aromatic rings. The minimum Gasteiger partial charge on any atom is -0.351 e. The van der Waals surface area contributed by atoms with Crippen LogP contribution in [0.3, 0.4) is 0 Å². The van der Waals surface area contributed by atoms with E-state index in [0.717, 1.165) is 43.6 Å². The lowest BCUT2D eigenvalue weighted by Crippen LogP contribution is -2.41. The van der Waals surface area contributed by atoms with Crippen LogP contribution in [-0.4, -0.2) is 42.8 Å². The molecule has 1 aliphatic heterocycles. The first-order valence-corrected chi connectivity index (χ1v) is 9.78. The number of rotatable bonds is 6. The maximum Gasteiger partial charge on any atom is 0.251 e. The van der Waals surface area contributed by atoms with Crippen molar-refractivity contribution in [2.45, 2.75) is 19.8 Å². The van der Waals surface area contributed by atoms with Crippen LogP contribution in [-0.2, 0) is 0 Å². The molecule has 0 radical (unpaired) electrons. The monoisotopic (exact) mass is 384 g/mol. The van der Waals surface area contributed by atoms with Crippen molar-refractivity contribution in [3.05, 3.63) is 70.2 Å². The number of halogens is 1. The highest BCUT2D eigenvalue weighted by Gasteiger charge is 2.25. The van der Waals surface area contributed by atoms with E-state index in [1.807, 2.05) is 31.2 Å². The lowest BCUT2D eigenvalue weighted by atomic mass is 9.89. The second kappa shape index (κ2) is 9.16. The molecule has 0 aromatic heterocycles. The number of hydrogen-bond acceptors (Lipinski definition) is 3. The first-order chi connectivity index (χ1) is 13.0. The van der Waals surface area contributed by atoms with E-state index >= 15 is 0 Å². The van der Waals surface area contributed by atoms with Gasteiger partial charge in [-0.2, -0.15) is 0 Å². The molecule has 0 unspecified atom stereocenters. The fraction of sp³-hybridized carbons (Fsp3) is 0.364. The third-order valence-electron chi connectivity index (χ3n) is 5.11. The van der Waals surface area contributed by atoms with Crippen LogP contribution in [0.15, 0.2) is 48.5 Å². The number of Topliss-reactive ketones (excluding diaryl/α,β-unsaturated/α-hetero) is 1.